The molecule has 72 valence electrons. The second-order valence-corrected chi connectivity index (χ2v) is 3.88. The minimum absolute atomic E-state index is 0.310. The molecule has 0 spiro atoms. The molecule has 0 aliphatic heterocycles. The SMILES string of the molecule is Cn1nnnc1-c1c(F)cccc1I. The van der Waals surface area contributed by atoms with E-state index >= 15 is 0 Å². The molecule has 0 aliphatic rings. The van der Waals surface area contributed by atoms with Crippen molar-refractivity contribution in [1.82, 2.24) is 20.2 Å². The van der Waals surface area contributed by atoms with Crippen LogP contribution in [0.5, 0.6) is 0 Å². The number of aryl methyl sites for hydroxylation is 1. The number of hydrogen-bond donors (Lipinski definition) is 0. The van der Waals surface area contributed by atoms with Gasteiger partial charge in [-0.15, -0.1) is 5.10 Å². The predicted molar refractivity (Wildman–Crippen MR) is 56.9 cm³/mol. The zero-order valence-corrected chi connectivity index (χ0v) is 9.43. The van der Waals surface area contributed by atoms with Crippen LogP contribution in [0.2, 0.25) is 0 Å². The van der Waals surface area contributed by atoms with Crippen molar-refractivity contribution in [2.24, 2.45) is 7.05 Å². The third kappa shape index (κ3) is 1.49. The zero-order valence-electron chi connectivity index (χ0n) is 7.28. The van der Waals surface area contributed by atoms with Gasteiger partial charge in [-0.05, 0) is 45.2 Å². The Morgan fingerprint density at radius 3 is 2.79 bits per heavy atom. The first-order valence-corrected chi connectivity index (χ1v) is 4.95. The molecule has 0 radical (unpaired) electrons. The quantitative estimate of drug-likeness (QED) is 0.752. The van der Waals surface area contributed by atoms with E-state index in [2.05, 4.69) is 38.1 Å². The highest BCUT2D eigenvalue weighted by Crippen LogP contribution is 2.25. The highest BCUT2D eigenvalue weighted by Gasteiger charge is 2.14. The van der Waals surface area contributed by atoms with Gasteiger partial charge in [0.25, 0.3) is 0 Å². The van der Waals surface area contributed by atoms with Gasteiger partial charge >= 0.3 is 0 Å². The number of halogens is 2. The van der Waals surface area contributed by atoms with Gasteiger partial charge < -0.3 is 0 Å². The molecule has 6 heteroatoms. The molecule has 0 bridgehead atoms. The summed E-state index contributed by atoms with van der Waals surface area (Å²) in [4.78, 5) is 0. The summed E-state index contributed by atoms with van der Waals surface area (Å²) in [5.41, 5.74) is 0.445. The third-order valence-corrected chi connectivity index (χ3v) is 2.71. The topological polar surface area (TPSA) is 43.6 Å². The van der Waals surface area contributed by atoms with Crippen LogP contribution in [0.25, 0.3) is 11.4 Å². The van der Waals surface area contributed by atoms with Crippen LogP contribution in [-0.2, 0) is 7.05 Å². The molecule has 0 unspecified atom stereocenters. The van der Waals surface area contributed by atoms with E-state index < -0.39 is 0 Å². The van der Waals surface area contributed by atoms with Gasteiger partial charge in [0.05, 0.1) is 5.56 Å². The summed E-state index contributed by atoms with van der Waals surface area (Å²) in [6, 6.07) is 4.87. The fraction of sp³-hybridized carbons (Fsp3) is 0.125. The van der Waals surface area contributed by atoms with Crippen LogP contribution in [0.3, 0.4) is 0 Å². The number of tetrazole rings is 1. The number of aromatic nitrogens is 4. The van der Waals surface area contributed by atoms with Gasteiger partial charge in [0.2, 0.25) is 0 Å². The summed E-state index contributed by atoms with van der Waals surface area (Å²) >= 11 is 2.05. The highest BCUT2D eigenvalue weighted by molar-refractivity contribution is 14.1. The summed E-state index contributed by atoms with van der Waals surface area (Å²) in [5, 5.41) is 10.9. The van der Waals surface area contributed by atoms with Crippen LogP contribution in [0.15, 0.2) is 18.2 Å². The summed E-state index contributed by atoms with van der Waals surface area (Å²) < 4.78 is 15.7. The molecule has 0 aliphatic carbocycles. The van der Waals surface area contributed by atoms with E-state index in [0.717, 1.165) is 3.57 Å². The molecule has 1 aromatic heterocycles. The fourth-order valence-electron chi connectivity index (χ4n) is 1.15. The molecule has 2 rings (SSSR count). The van der Waals surface area contributed by atoms with Crippen molar-refractivity contribution in [1.29, 1.82) is 0 Å². The molecule has 1 aromatic carbocycles. The molecule has 0 amide bonds. The van der Waals surface area contributed by atoms with Gasteiger partial charge in [-0.3, -0.25) is 0 Å². The molecule has 14 heavy (non-hydrogen) atoms. The maximum atomic E-state index is 13.5. The molecule has 1 heterocycles. The lowest BCUT2D eigenvalue weighted by Crippen LogP contribution is -1.98. The van der Waals surface area contributed by atoms with Crippen molar-refractivity contribution >= 4 is 22.6 Å². The Kier molecular flexibility index (Phi) is 2.44. The number of hydrogen-bond acceptors (Lipinski definition) is 3. The Hall–Kier alpha value is -1.05. The Morgan fingerprint density at radius 2 is 2.21 bits per heavy atom. The van der Waals surface area contributed by atoms with Gasteiger partial charge in [-0.25, -0.2) is 9.07 Å². The summed E-state index contributed by atoms with van der Waals surface area (Å²) in [5.74, 6) is 0.127. The van der Waals surface area contributed by atoms with Crippen LogP contribution < -0.4 is 0 Å². The van der Waals surface area contributed by atoms with Crippen molar-refractivity contribution < 1.29 is 4.39 Å². The smallest absolute Gasteiger partial charge is 0.185 e. The van der Waals surface area contributed by atoms with Gasteiger partial charge in [0.15, 0.2) is 5.82 Å². The summed E-state index contributed by atoms with van der Waals surface area (Å²) in [6.07, 6.45) is 0. The zero-order chi connectivity index (χ0) is 10.1. The fourth-order valence-corrected chi connectivity index (χ4v) is 1.86. The van der Waals surface area contributed by atoms with Crippen LogP contribution in [0, 0.1) is 9.39 Å². The Balaban J connectivity index is 2.68. The van der Waals surface area contributed by atoms with E-state index in [4.69, 9.17) is 0 Å². The lowest BCUT2D eigenvalue weighted by Gasteiger charge is -2.02. The summed E-state index contributed by atoms with van der Waals surface area (Å²) in [6.45, 7) is 0. The van der Waals surface area contributed by atoms with Gasteiger partial charge in [0.1, 0.15) is 5.82 Å². The normalized spacial score (nSPS) is 10.5. The van der Waals surface area contributed by atoms with Crippen molar-refractivity contribution in [3.63, 3.8) is 0 Å². The monoisotopic (exact) mass is 304 g/mol. The van der Waals surface area contributed by atoms with Crippen molar-refractivity contribution in [3.05, 3.63) is 27.6 Å². The van der Waals surface area contributed by atoms with Gasteiger partial charge in [-0.2, -0.15) is 0 Å². The van der Waals surface area contributed by atoms with E-state index in [9.17, 15) is 4.39 Å². The van der Waals surface area contributed by atoms with Crippen LogP contribution in [0.1, 0.15) is 0 Å². The third-order valence-electron chi connectivity index (χ3n) is 1.81. The molecular weight excluding hydrogens is 298 g/mol. The minimum atomic E-state index is -0.310. The van der Waals surface area contributed by atoms with E-state index in [1.54, 1.807) is 13.1 Å². The van der Waals surface area contributed by atoms with Crippen molar-refractivity contribution in [2.75, 3.05) is 0 Å². The number of rotatable bonds is 1. The second-order valence-electron chi connectivity index (χ2n) is 2.72. The maximum absolute atomic E-state index is 13.5. The second kappa shape index (κ2) is 3.60. The van der Waals surface area contributed by atoms with Crippen molar-refractivity contribution in [3.8, 4) is 11.4 Å². The largest absolute Gasteiger partial charge is 0.228 e. The molecule has 0 N–H and O–H groups in total. The van der Waals surface area contributed by atoms with Crippen LogP contribution in [-0.4, -0.2) is 20.2 Å². The molecular formula is C8H6FIN4. The Labute approximate surface area is 93.3 Å². The summed E-state index contributed by atoms with van der Waals surface area (Å²) in [7, 11) is 1.68. The first kappa shape index (κ1) is 9.50. The Morgan fingerprint density at radius 1 is 1.43 bits per heavy atom. The maximum Gasteiger partial charge on any atom is 0.185 e. The molecule has 0 atom stereocenters. The highest BCUT2D eigenvalue weighted by atomic mass is 127. The standard InChI is InChI=1S/C8H6FIN4/c1-14-8(11-12-13-14)7-5(9)3-2-4-6(7)10/h2-4H,1H3. The van der Waals surface area contributed by atoms with E-state index in [0.29, 0.717) is 11.4 Å². The molecule has 0 saturated heterocycles. The molecule has 2 aromatic rings. The molecule has 4 nitrogen and oxygen atoms in total. The average molecular weight is 304 g/mol. The first-order valence-electron chi connectivity index (χ1n) is 3.87. The first-order chi connectivity index (χ1) is 6.70. The van der Waals surface area contributed by atoms with E-state index in [1.165, 1.54) is 10.7 Å². The van der Waals surface area contributed by atoms with Gasteiger partial charge in [-0.1, -0.05) is 6.07 Å². The van der Waals surface area contributed by atoms with E-state index in [-0.39, 0.29) is 5.82 Å². The molecule has 0 saturated carbocycles. The van der Waals surface area contributed by atoms with E-state index in [1.807, 2.05) is 6.07 Å². The minimum Gasteiger partial charge on any atom is -0.228 e. The predicted octanol–water partition coefficient (Wildman–Crippen LogP) is 1.62. The number of nitrogens with zero attached hydrogens (tertiary/aromatic N) is 4. The molecule has 0 fully saturated rings. The van der Waals surface area contributed by atoms with Crippen LogP contribution >= 0.6 is 22.6 Å². The lowest BCUT2D eigenvalue weighted by molar-refractivity contribution is 0.626. The van der Waals surface area contributed by atoms with Crippen molar-refractivity contribution in [2.45, 2.75) is 0 Å². The van der Waals surface area contributed by atoms with Crippen LogP contribution in [0.4, 0.5) is 4.39 Å². The number of benzene rings is 1. The lowest BCUT2D eigenvalue weighted by atomic mass is 10.2. The average Bonchev–Trinajstić information content (AvgIpc) is 2.52. The Bertz CT molecular complexity index is 448. The van der Waals surface area contributed by atoms with Gasteiger partial charge in [0, 0.05) is 10.6 Å².